The summed E-state index contributed by atoms with van der Waals surface area (Å²) in [5.74, 6) is -1.19. The standard InChI is InChI=1S/C14H20N2O5/c1-14(2,3)21-13(19)16-11(12(17)18)9-20-8-10-5-4-6-15-7-10/h4-7,11H,8-9H2,1-3H3,(H,16,19)(H,17,18)/t11-/m1/s1. The second-order valence-electron chi connectivity index (χ2n) is 5.41. The molecule has 1 amide bonds. The number of pyridine rings is 1. The fraction of sp³-hybridized carbons (Fsp3) is 0.500. The number of carboxylic acid groups (broad SMARTS) is 1. The van der Waals surface area contributed by atoms with Crippen LogP contribution in [0.15, 0.2) is 24.5 Å². The molecule has 7 heteroatoms. The van der Waals surface area contributed by atoms with Crippen molar-refractivity contribution in [2.75, 3.05) is 6.61 Å². The molecule has 2 N–H and O–H groups in total. The van der Waals surface area contributed by atoms with Crippen LogP contribution in [0.1, 0.15) is 26.3 Å². The number of amides is 1. The van der Waals surface area contributed by atoms with Crippen LogP contribution in [0, 0.1) is 0 Å². The van der Waals surface area contributed by atoms with Gasteiger partial charge in [0.15, 0.2) is 6.04 Å². The van der Waals surface area contributed by atoms with E-state index in [1.165, 1.54) is 0 Å². The Morgan fingerprint density at radius 1 is 1.43 bits per heavy atom. The maximum absolute atomic E-state index is 11.5. The Labute approximate surface area is 123 Å². The van der Waals surface area contributed by atoms with Gasteiger partial charge in [-0.3, -0.25) is 4.98 Å². The van der Waals surface area contributed by atoms with Crippen molar-refractivity contribution >= 4 is 12.1 Å². The number of rotatable bonds is 6. The highest BCUT2D eigenvalue weighted by Crippen LogP contribution is 2.07. The monoisotopic (exact) mass is 296 g/mol. The van der Waals surface area contributed by atoms with Gasteiger partial charge < -0.3 is 19.9 Å². The van der Waals surface area contributed by atoms with E-state index >= 15 is 0 Å². The number of ether oxygens (including phenoxy) is 2. The summed E-state index contributed by atoms with van der Waals surface area (Å²) < 4.78 is 10.3. The van der Waals surface area contributed by atoms with Crippen molar-refractivity contribution in [2.24, 2.45) is 0 Å². The van der Waals surface area contributed by atoms with Gasteiger partial charge in [0.2, 0.25) is 0 Å². The Balaban J connectivity index is 2.43. The Morgan fingerprint density at radius 2 is 2.14 bits per heavy atom. The van der Waals surface area contributed by atoms with Crippen LogP contribution in [0.2, 0.25) is 0 Å². The molecule has 0 spiro atoms. The summed E-state index contributed by atoms with van der Waals surface area (Å²) in [5, 5.41) is 11.3. The van der Waals surface area contributed by atoms with E-state index in [2.05, 4.69) is 10.3 Å². The number of carbonyl (C=O) groups excluding carboxylic acids is 1. The third-order valence-electron chi connectivity index (χ3n) is 2.27. The van der Waals surface area contributed by atoms with Gasteiger partial charge in [0, 0.05) is 12.4 Å². The molecular formula is C14H20N2O5. The lowest BCUT2D eigenvalue weighted by atomic mass is 10.2. The fourth-order valence-corrected chi connectivity index (χ4v) is 1.40. The molecule has 1 rings (SSSR count). The highest BCUT2D eigenvalue weighted by Gasteiger charge is 2.24. The maximum atomic E-state index is 11.5. The smallest absolute Gasteiger partial charge is 0.408 e. The first-order chi connectivity index (χ1) is 9.78. The van der Waals surface area contributed by atoms with Gasteiger partial charge in [-0.05, 0) is 32.4 Å². The third-order valence-corrected chi connectivity index (χ3v) is 2.27. The molecular weight excluding hydrogens is 276 g/mol. The number of nitrogens with zero attached hydrogens (tertiary/aromatic N) is 1. The fourth-order valence-electron chi connectivity index (χ4n) is 1.40. The first-order valence-electron chi connectivity index (χ1n) is 6.47. The van der Waals surface area contributed by atoms with E-state index in [0.29, 0.717) is 0 Å². The molecule has 0 saturated carbocycles. The molecule has 0 bridgehead atoms. The number of alkyl carbamates (subject to hydrolysis) is 1. The van der Waals surface area contributed by atoms with Crippen molar-refractivity contribution in [3.05, 3.63) is 30.1 Å². The minimum atomic E-state index is -1.19. The average molecular weight is 296 g/mol. The summed E-state index contributed by atoms with van der Waals surface area (Å²) in [6.45, 7) is 5.14. The first kappa shape index (κ1) is 16.9. The molecule has 0 radical (unpaired) electrons. The van der Waals surface area contributed by atoms with Gasteiger partial charge in [-0.25, -0.2) is 9.59 Å². The molecule has 1 aromatic heterocycles. The summed E-state index contributed by atoms with van der Waals surface area (Å²) in [6.07, 6.45) is 2.46. The van der Waals surface area contributed by atoms with Crippen molar-refractivity contribution in [2.45, 2.75) is 39.0 Å². The molecule has 0 saturated heterocycles. The molecule has 0 unspecified atom stereocenters. The molecule has 21 heavy (non-hydrogen) atoms. The Kier molecular flexibility index (Phi) is 6.10. The van der Waals surface area contributed by atoms with Gasteiger partial charge in [0.05, 0.1) is 13.2 Å². The predicted molar refractivity (Wildman–Crippen MR) is 74.7 cm³/mol. The lowest BCUT2D eigenvalue weighted by molar-refractivity contribution is -0.141. The number of aliphatic carboxylic acids is 1. The van der Waals surface area contributed by atoms with Crippen LogP contribution in [0.25, 0.3) is 0 Å². The van der Waals surface area contributed by atoms with Crippen LogP contribution in [0.3, 0.4) is 0 Å². The number of hydrogen-bond donors (Lipinski definition) is 2. The Hall–Kier alpha value is -2.15. The first-order valence-corrected chi connectivity index (χ1v) is 6.47. The van der Waals surface area contributed by atoms with E-state index in [1.807, 2.05) is 6.07 Å². The van der Waals surface area contributed by atoms with E-state index in [0.717, 1.165) is 5.56 Å². The highest BCUT2D eigenvalue weighted by molar-refractivity contribution is 5.80. The number of nitrogens with one attached hydrogen (secondary N) is 1. The molecule has 0 aliphatic rings. The summed E-state index contributed by atoms with van der Waals surface area (Å²) in [7, 11) is 0. The number of carboxylic acids is 1. The largest absolute Gasteiger partial charge is 0.480 e. The molecule has 1 aromatic rings. The molecule has 0 fully saturated rings. The molecule has 1 atom stereocenters. The Bertz CT molecular complexity index is 470. The average Bonchev–Trinajstić information content (AvgIpc) is 2.36. The lowest BCUT2D eigenvalue weighted by Crippen LogP contribution is -2.46. The van der Waals surface area contributed by atoms with Gasteiger partial charge in [-0.1, -0.05) is 6.07 Å². The van der Waals surface area contributed by atoms with Gasteiger partial charge in [-0.15, -0.1) is 0 Å². The zero-order valence-corrected chi connectivity index (χ0v) is 12.3. The molecule has 7 nitrogen and oxygen atoms in total. The number of carbonyl (C=O) groups is 2. The van der Waals surface area contributed by atoms with E-state index in [-0.39, 0.29) is 13.2 Å². The van der Waals surface area contributed by atoms with Crippen molar-refractivity contribution in [3.63, 3.8) is 0 Å². The lowest BCUT2D eigenvalue weighted by Gasteiger charge is -2.22. The summed E-state index contributed by atoms with van der Waals surface area (Å²) >= 11 is 0. The molecule has 0 aliphatic heterocycles. The zero-order valence-electron chi connectivity index (χ0n) is 12.3. The van der Waals surface area contributed by atoms with Crippen LogP contribution >= 0.6 is 0 Å². The Morgan fingerprint density at radius 3 is 2.67 bits per heavy atom. The molecule has 1 heterocycles. The third kappa shape index (κ3) is 7.26. The molecule has 116 valence electrons. The summed E-state index contributed by atoms with van der Waals surface area (Å²) in [4.78, 5) is 26.5. The van der Waals surface area contributed by atoms with Crippen molar-refractivity contribution in [1.82, 2.24) is 10.3 Å². The van der Waals surface area contributed by atoms with Crippen LogP contribution in [-0.2, 0) is 20.9 Å². The van der Waals surface area contributed by atoms with Crippen LogP contribution in [-0.4, -0.2) is 40.4 Å². The predicted octanol–water partition coefficient (Wildman–Crippen LogP) is 1.58. The van der Waals surface area contributed by atoms with Crippen LogP contribution in [0.5, 0.6) is 0 Å². The second-order valence-corrected chi connectivity index (χ2v) is 5.41. The van der Waals surface area contributed by atoms with E-state index in [4.69, 9.17) is 14.6 Å². The zero-order chi connectivity index (χ0) is 15.9. The van der Waals surface area contributed by atoms with Crippen molar-refractivity contribution < 1.29 is 24.2 Å². The van der Waals surface area contributed by atoms with Gasteiger partial charge in [0.1, 0.15) is 5.60 Å². The van der Waals surface area contributed by atoms with E-state index in [1.54, 1.807) is 39.2 Å². The minimum absolute atomic E-state index is 0.163. The number of aromatic nitrogens is 1. The molecule has 0 aromatic carbocycles. The highest BCUT2D eigenvalue weighted by atomic mass is 16.6. The van der Waals surface area contributed by atoms with E-state index in [9.17, 15) is 9.59 Å². The molecule has 0 aliphatic carbocycles. The van der Waals surface area contributed by atoms with Crippen LogP contribution < -0.4 is 5.32 Å². The summed E-state index contributed by atoms with van der Waals surface area (Å²) in [5.41, 5.74) is 0.128. The normalized spacial score (nSPS) is 12.5. The minimum Gasteiger partial charge on any atom is -0.480 e. The van der Waals surface area contributed by atoms with Gasteiger partial charge in [0.25, 0.3) is 0 Å². The quantitative estimate of drug-likeness (QED) is 0.827. The van der Waals surface area contributed by atoms with Gasteiger partial charge in [-0.2, -0.15) is 0 Å². The van der Waals surface area contributed by atoms with Crippen molar-refractivity contribution in [3.8, 4) is 0 Å². The topological polar surface area (TPSA) is 97.8 Å². The maximum Gasteiger partial charge on any atom is 0.408 e. The second kappa shape index (κ2) is 7.58. The summed E-state index contributed by atoms with van der Waals surface area (Å²) in [6, 6.07) is 2.40. The van der Waals surface area contributed by atoms with Crippen molar-refractivity contribution in [1.29, 1.82) is 0 Å². The van der Waals surface area contributed by atoms with Gasteiger partial charge >= 0.3 is 12.1 Å². The van der Waals surface area contributed by atoms with Crippen LogP contribution in [0.4, 0.5) is 4.79 Å². The number of hydrogen-bond acceptors (Lipinski definition) is 5. The van der Waals surface area contributed by atoms with E-state index < -0.39 is 23.7 Å². The SMILES string of the molecule is CC(C)(C)OC(=O)N[C@H](COCc1cccnc1)C(=O)O.